The average molecular weight is 340 g/mol. The fourth-order valence-electron chi connectivity index (χ4n) is 1.71. The molecule has 2 rings (SSSR count). The van der Waals surface area contributed by atoms with E-state index in [2.05, 4.69) is 21.2 Å². The molecule has 0 unspecified atom stereocenters. The maximum absolute atomic E-state index is 12.2. The average Bonchev–Trinajstić information content (AvgIpc) is 2.33. The van der Waals surface area contributed by atoms with Crippen molar-refractivity contribution in [1.29, 1.82) is 0 Å². The van der Waals surface area contributed by atoms with E-state index in [4.69, 9.17) is 17.3 Å². The largest absolute Gasteiger partial charge is 0.398 e. The number of hydrogen-bond acceptors (Lipinski definition) is 2. The zero-order valence-corrected chi connectivity index (χ0v) is 12.5. The van der Waals surface area contributed by atoms with Gasteiger partial charge in [-0.25, -0.2) is 0 Å². The molecule has 0 heterocycles. The molecule has 3 N–H and O–H groups in total. The molecule has 0 aromatic heterocycles. The van der Waals surface area contributed by atoms with E-state index in [1.807, 2.05) is 19.1 Å². The molecule has 0 bridgehead atoms. The lowest BCUT2D eigenvalue weighted by atomic mass is 10.1. The number of carbonyl (C=O) groups is 1. The van der Waals surface area contributed by atoms with Crippen LogP contribution < -0.4 is 11.1 Å². The summed E-state index contributed by atoms with van der Waals surface area (Å²) in [6, 6.07) is 10.6. The highest BCUT2D eigenvalue weighted by molar-refractivity contribution is 9.10. The fourth-order valence-corrected chi connectivity index (χ4v) is 2.36. The van der Waals surface area contributed by atoms with Crippen LogP contribution in [0.3, 0.4) is 0 Å². The molecule has 2 aromatic rings. The highest BCUT2D eigenvalue weighted by Crippen LogP contribution is 2.27. The Hall–Kier alpha value is -1.52. The summed E-state index contributed by atoms with van der Waals surface area (Å²) < 4.78 is 0.829. The van der Waals surface area contributed by atoms with Gasteiger partial charge in [-0.15, -0.1) is 0 Å². The molecule has 19 heavy (non-hydrogen) atoms. The van der Waals surface area contributed by atoms with Crippen molar-refractivity contribution in [2.24, 2.45) is 0 Å². The number of carbonyl (C=O) groups excluding carboxylic acids is 1. The first-order valence-electron chi connectivity index (χ1n) is 5.60. The highest BCUT2D eigenvalue weighted by atomic mass is 79.9. The van der Waals surface area contributed by atoms with Gasteiger partial charge in [-0.3, -0.25) is 4.79 Å². The molecule has 0 atom stereocenters. The van der Waals surface area contributed by atoms with Gasteiger partial charge >= 0.3 is 0 Å². The minimum absolute atomic E-state index is 0.277. The van der Waals surface area contributed by atoms with Crippen molar-refractivity contribution in [3.8, 4) is 0 Å². The molecule has 0 fully saturated rings. The summed E-state index contributed by atoms with van der Waals surface area (Å²) in [6.45, 7) is 1.88. The predicted octanol–water partition coefficient (Wildman–Crippen LogP) is 4.25. The smallest absolute Gasteiger partial charge is 0.257 e. The Morgan fingerprint density at radius 3 is 2.68 bits per heavy atom. The number of para-hydroxylation sites is 1. The second kappa shape index (κ2) is 5.63. The second-order valence-electron chi connectivity index (χ2n) is 4.12. The third kappa shape index (κ3) is 3.08. The van der Waals surface area contributed by atoms with E-state index in [1.165, 1.54) is 0 Å². The summed E-state index contributed by atoms with van der Waals surface area (Å²) in [7, 11) is 0. The van der Waals surface area contributed by atoms with Gasteiger partial charge in [0.25, 0.3) is 5.91 Å². The SMILES string of the molecule is Cc1cccc(Cl)c1NC(=O)c1ccc(Br)cc1N. The lowest BCUT2D eigenvalue weighted by molar-refractivity contribution is 0.102. The summed E-state index contributed by atoms with van der Waals surface area (Å²) >= 11 is 9.38. The Morgan fingerprint density at radius 1 is 1.32 bits per heavy atom. The molecular formula is C14H12BrClN2O. The number of amides is 1. The summed E-state index contributed by atoms with van der Waals surface area (Å²) in [5, 5.41) is 3.29. The minimum atomic E-state index is -0.277. The van der Waals surface area contributed by atoms with Gasteiger partial charge in [0.15, 0.2) is 0 Å². The van der Waals surface area contributed by atoms with Crippen LogP contribution in [0.25, 0.3) is 0 Å². The molecule has 2 aromatic carbocycles. The second-order valence-corrected chi connectivity index (χ2v) is 5.44. The fraction of sp³-hybridized carbons (Fsp3) is 0.0714. The van der Waals surface area contributed by atoms with Gasteiger partial charge in [0.2, 0.25) is 0 Å². The van der Waals surface area contributed by atoms with E-state index in [9.17, 15) is 4.79 Å². The van der Waals surface area contributed by atoms with E-state index < -0.39 is 0 Å². The van der Waals surface area contributed by atoms with Crippen LogP contribution in [0.2, 0.25) is 5.02 Å². The van der Waals surface area contributed by atoms with E-state index in [1.54, 1.807) is 24.3 Å². The first kappa shape index (κ1) is 13.9. The molecule has 98 valence electrons. The van der Waals surface area contributed by atoms with Crippen LogP contribution >= 0.6 is 27.5 Å². The number of anilines is 2. The summed E-state index contributed by atoms with van der Waals surface area (Å²) in [4.78, 5) is 12.2. The standard InChI is InChI=1S/C14H12BrClN2O/c1-8-3-2-4-11(16)13(8)18-14(19)10-6-5-9(15)7-12(10)17/h2-7H,17H2,1H3,(H,18,19). The quantitative estimate of drug-likeness (QED) is 0.804. The normalized spacial score (nSPS) is 10.3. The lowest BCUT2D eigenvalue weighted by Crippen LogP contribution is -2.15. The molecule has 0 saturated carbocycles. The number of aryl methyl sites for hydroxylation is 1. The molecule has 0 spiro atoms. The van der Waals surface area contributed by atoms with Crippen LogP contribution in [0.5, 0.6) is 0 Å². The van der Waals surface area contributed by atoms with E-state index in [-0.39, 0.29) is 5.91 Å². The Morgan fingerprint density at radius 2 is 2.05 bits per heavy atom. The number of benzene rings is 2. The van der Waals surface area contributed by atoms with Gasteiger partial charge in [-0.2, -0.15) is 0 Å². The van der Waals surface area contributed by atoms with Crippen molar-refractivity contribution in [3.05, 3.63) is 57.0 Å². The van der Waals surface area contributed by atoms with Crippen LogP contribution in [-0.4, -0.2) is 5.91 Å². The number of halogens is 2. The number of rotatable bonds is 2. The molecule has 3 nitrogen and oxygen atoms in total. The Kier molecular flexibility index (Phi) is 4.12. The molecule has 1 amide bonds. The monoisotopic (exact) mass is 338 g/mol. The molecule has 0 aliphatic rings. The molecule has 0 radical (unpaired) electrons. The molecule has 5 heteroatoms. The number of nitrogens with two attached hydrogens (primary N) is 1. The van der Waals surface area contributed by atoms with Crippen molar-refractivity contribution < 1.29 is 4.79 Å². The minimum Gasteiger partial charge on any atom is -0.398 e. The van der Waals surface area contributed by atoms with Crippen molar-refractivity contribution >= 4 is 44.8 Å². The van der Waals surface area contributed by atoms with E-state index in [0.717, 1.165) is 10.0 Å². The van der Waals surface area contributed by atoms with Crippen LogP contribution in [0.1, 0.15) is 15.9 Å². The summed E-state index contributed by atoms with van der Waals surface area (Å²) in [5.41, 5.74) is 8.17. The van der Waals surface area contributed by atoms with Crippen LogP contribution in [0, 0.1) is 6.92 Å². The number of nitrogen functional groups attached to an aromatic ring is 1. The molecular weight excluding hydrogens is 328 g/mol. The van der Waals surface area contributed by atoms with Crippen molar-refractivity contribution in [2.45, 2.75) is 6.92 Å². The van der Waals surface area contributed by atoms with Crippen LogP contribution in [0.15, 0.2) is 40.9 Å². The van der Waals surface area contributed by atoms with Crippen LogP contribution in [-0.2, 0) is 0 Å². The molecule has 0 aliphatic carbocycles. The Bertz CT molecular complexity index is 623. The van der Waals surface area contributed by atoms with Gasteiger partial charge < -0.3 is 11.1 Å². The van der Waals surface area contributed by atoms with Crippen molar-refractivity contribution in [2.75, 3.05) is 11.1 Å². The number of nitrogens with one attached hydrogen (secondary N) is 1. The number of hydrogen-bond donors (Lipinski definition) is 2. The van der Waals surface area contributed by atoms with Gasteiger partial charge in [-0.1, -0.05) is 39.7 Å². The van der Waals surface area contributed by atoms with Crippen molar-refractivity contribution in [3.63, 3.8) is 0 Å². The first-order chi connectivity index (χ1) is 8.99. The topological polar surface area (TPSA) is 55.1 Å². The first-order valence-corrected chi connectivity index (χ1v) is 6.77. The van der Waals surface area contributed by atoms with Crippen LogP contribution in [0.4, 0.5) is 11.4 Å². The zero-order chi connectivity index (χ0) is 14.0. The predicted molar refractivity (Wildman–Crippen MR) is 82.7 cm³/mol. The highest BCUT2D eigenvalue weighted by Gasteiger charge is 2.13. The Balaban J connectivity index is 2.31. The lowest BCUT2D eigenvalue weighted by Gasteiger charge is -2.11. The third-order valence-corrected chi connectivity index (χ3v) is 3.53. The van der Waals surface area contributed by atoms with Gasteiger partial charge in [0.1, 0.15) is 0 Å². The van der Waals surface area contributed by atoms with Crippen molar-refractivity contribution in [1.82, 2.24) is 0 Å². The molecule has 0 aliphatic heterocycles. The summed E-state index contributed by atoms with van der Waals surface area (Å²) in [5.74, 6) is -0.277. The summed E-state index contributed by atoms with van der Waals surface area (Å²) in [6.07, 6.45) is 0. The van der Waals surface area contributed by atoms with Gasteiger partial charge in [0, 0.05) is 10.2 Å². The third-order valence-electron chi connectivity index (χ3n) is 2.72. The zero-order valence-electron chi connectivity index (χ0n) is 10.2. The Labute approximate surface area is 124 Å². The maximum Gasteiger partial charge on any atom is 0.257 e. The van der Waals surface area contributed by atoms with Gasteiger partial charge in [0.05, 0.1) is 16.3 Å². The van der Waals surface area contributed by atoms with E-state index >= 15 is 0 Å². The van der Waals surface area contributed by atoms with E-state index in [0.29, 0.717) is 22.0 Å². The molecule has 0 saturated heterocycles. The maximum atomic E-state index is 12.2. The van der Waals surface area contributed by atoms with Gasteiger partial charge in [-0.05, 0) is 36.8 Å².